The summed E-state index contributed by atoms with van der Waals surface area (Å²) in [4.78, 5) is 10.3. The number of aliphatic carboxylic acids is 1. The Morgan fingerprint density at radius 3 is 2.27 bits per heavy atom. The highest BCUT2D eigenvalue weighted by Gasteiger charge is 2.18. The maximum Gasteiger partial charge on any atom is 0.319 e. The van der Waals surface area contributed by atoms with E-state index >= 15 is 0 Å². The Labute approximate surface area is 87.2 Å². The van der Waals surface area contributed by atoms with E-state index in [4.69, 9.17) is 9.84 Å². The summed E-state index contributed by atoms with van der Waals surface area (Å²) in [7, 11) is -2.28. The van der Waals surface area contributed by atoms with Crippen LogP contribution < -0.4 is 4.74 Å². The van der Waals surface area contributed by atoms with Crippen LogP contribution in [0.25, 0.3) is 0 Å². The summed E-state index contributed by atoms with van der Waals surface area (Å²) in [6.07, 6.45) is 0. The van der Waals surface area contributed by atoms with Gasteiger partial charge in [0.1, 0.15) is 5.75 Å². The number of hydrogen-bond donors (Lipinski definition) is 1. The fourth-order valence-electron chi connectivity index (χ4n) is 1.03. The second-order valence-electron chi connectivity index (χ2n) is 2.83. The van der Waals surface area contributed by atoms with Gasteiger partial charge in [0.15, 0.2) is 15.6 Å². The van der Waals surface area contributed by atoms with Crippen LogP contribution in [0, 0.1) is 0 Å². The Hall–Kier alpha value is -1.56. The van der Waals surface area contributed by atoms with Gasteiger partial charge in [0.2, 0.25) is 0 Å². The van der Waals surface area contributed by atoms with Gasteiger partial charge in [-0.25, -0.2) is 8.42 Å². The first-order chi connectivity index (χ1) is 6.95. The Kier molecular flexibility index (Phi) is 3.31. The molecular formula is C9H10O5S. The molecule has 5 nitrogen and oxygen atoms in total. The fourth-order valence-corrected chi connectivity index (χ4v) is 2.07. The molecule has 0 unspecified atom stereocenters. The zero-order valence-corrected chi connectivity index (χ0v) is 8.82. The summed E-state index contributed by atoms with van der Waals surface area (Å²) >= 11 is 0. The maximum atomic E-state index is 11.4. The number of hydrogen-bond acceptors (Lipinski definition) is 4. The summed E-state index contributed by atoms with van der Waals surface area (Å²) in [5.74, 6) is -1.76. The van der Waals surface area contributed by atoms with Crippen LogP contribution in [0.5, 0.6) is 5.75 Å². The van der Waals surface area contributed by atoms with Crippen molar-refractivity contribution < 1.29 is 23.1 Å². The van der Waals surface area contributed by atoms with E-state index in [-0.39, 0.29) is 4.90 Å². The number of carbonyl (C=O) groups is 1. The smallest absolute Gasteiger partial charge is 0.319 e. The number of carboxylic acids is 1. The molecule has 0 atom stereocenters. The summed E-state index contributed by atoms with van der Waals surface area (Å²) in [5, 5.41) is 8.41. The summed E-state index contributed by atoms with van der Waals surface area (Å²) in [6, 6.07) is 5.57. The monoisotopic (exact) mass is 230 g/mol. The Balaban J connectivity index is 3.01. The highest BCUT2D eigenvalue weighted by Crippen LogP contribution is 2.16. The molecule has 1 rings (SSSR count). The van der Waals surface area contributed by atoms with Crippen molar-refractivity contribution in [3.8, 4) is 5.75 Å². The third-order valence-electron chi connectivity index (χ3n) is 1.73. The Morgan fingerprint density at radius 2 is 1.87 bits per heavy atom. The molecule has 0 saturated heterocycles. The SMILES string of the molecule is COc1ccc(S(=O)(=O)CC(=O)O)cc1. The first-order valence-corrected chi connectivity index (χ1v) is 5.69. The van der Waals surface area contributed by atoms with Crippen LogP contribution in [0.1, 0.15) is 0 Å². The second-order valence-corrected chi connectivity index (χ2v) is 4.82. The van der Waals surface area contributed by atoms with Crippen LogP contribution in [0.3, 0.4) is 0 Å². The molecule has 0 aliphatic heterocycles. The predicted molar refractivity (Wildman–Crippen MR) is 52.7 cm³/mol. The van der Waals surface area contributed by atoms with Gasteiger partial charge < -0.3 is 9.84 Å². The van der Waals surface area contributed by atoms with Crippen molar-refractivity contribution in [2.45, 2.75) is 4.90 Å². The van der Waals surface area contributed by atoms with E-state index in [1.807, 2.05) is 0 Å². The van der Waals surface area contributed by atoms with Crippen molar-refractivity contribution >= 4 is 15.8 Å². The number of ether oxygens (including phenoxy) is 1. The van der Waals surface area contributed by atoms with Gasteiger partial charge in [-0.3, -0.25) is 4.79 Å². The number of rotatable bonds is 4. The average molecular weight is 230 g/mol. The molecule has 6 heteroatoms. The number of benzene rings is 1. The molecule has 15 heavy (non-hydrogen) atoms. The van der Waals surface area contributed by atoms with Crippen molar-refractivity contribution in [1.29, 1.82) is 0 Å². The van der Waals surface area contributed by atoms with E-state index in [0.717, 1.165) is 0 Å². The van der Waals surface area contributed by atoms with Gasteiger partial charge in [-0.05, 0) is 24.3 Å². The highest BCUT2D eigenvalue weighted by atomic mass is 32.2. The summed E-state index contributed by atoms with van der Waals surface area (Å²) in [6.45, 7) is 0. The molecule has 82 valence electrons. The minimum absolute atomic E-state index is 0.0225. The van der Waals surface area contributed by atoms with Crippen molar-refractivity contribution in [3.05, 3.63) is 24.3 Å². The van der Waals surface area contributed by atoms with Gasteiger partial charge in [-0.15, -0.1) is 0 Å². The van der Waals surface area contributed by atoms with Crippen molar-refractivity contribution in [1.82, 2.24) is 0 Å². The molecular weight excluding hydrogens is 220 g/mol. The van der Waals surface area contributed by atoms with E-state index in [1.165, 1.54) is 31.4 Å². The van der Waals surface area contributed by atoms with Crippen molar-refractivity contribution in [2.75, 3.05) is 12.9 Å². The van der Waals surface area contributed by atoms with Crippen LogP contribution >= 0.6 is 0 Å². The molecule has 0 aromatic heterocycles. The molecule has 0 fully saturated rings. The van der Waals surface area contributed by atoms with Crippen LogP contribution in [0.4, 0.5) is 0 Å². The number of sulfone groups is 1. The fraction of sp³-hybridized carbons (Fsp3) is 0.222. The zero-order valence-electron chi connectivity index (χ0n) is 8.00. The third kappa shape index (κ3) is 2.95. The first kappa shape index (κ1) is 11.5. The lowest BCUT2D eigenvalue weighted by Gasteiger charge is -2.02. The molecule has 0 bridgehead atoms. The molecule has 1 aromatic carbocycles. The van der Waals surface area contributed by atoms with Gasteiger partial charge in [0, 0.05) is 0 Å². The van der Waals surface area contributed by atoms with Crippen LogP contribution in [-0.2, 0) is 14.6 Å². The lowest BCUT2D eigenvalue weighted by molar-refractivity contribution is -0.134. The highest BCUT2D eigenvalue weighted by molar-refractivity contribution is 7.92. The van der Waals surface area contributed by atoms with Crippen molar-refractivity contribution in [2.24, 2.45) is 0 Å². The van der Waals surface area contributed by atoms with Gasteiger partial charge in [-0.2, -0.15) is 0 Å². The first-order valence-electron chi connectivity index (χ1n) is 4.04. The maximum absolute atomic E-state index is 11.4. The lowest BCUT2D eigenvalue weighted by atomic mass is 10.3. The van der Waals surface area contributed by atoms with Crippen LogP contribution in [0.15, 0.2) is 29.2 Å². The van der Waals surface area contributed by atoms with E-state index in [1.54, 1.807) is 0 Å². The summed E-state index contributed by atoms with van der Waals surface area (Å²) < 4.78 is 27.7. The number of carboxylic acid groups (broad SMARTS) is 1. The van der Waals surface area contributed by atoms with E-state index < -0.39 is 21.6 Å². The second kappa shape index (κ2) is 4.31. The van der Waals surface area contributed by atoms with Gasteiger partial charge in [0.05, 0.1) is 12.0 Å². The summed E-state index contributed by atoms with van der Waals surface area (Å²) in [5.41, 5.74) is 0. The number of methoxy groups -OCH3 is 1. The van der Waals surface area contributed by atoms with E-state index in [2.05, 4.69) is 0 Å². The topological polar surface area (TPSA) is 80.7 Å². The van der Waals surface area contributed by atoms with E-state index in [0.29, 0.717) is 5.75 Å². The molecule has 0 spiro atoms. The third-order valence-corrected chi connectivity index (χ3v) is 3.35. The lowest BCUT2D eigenvalue weighted by Crippen LogP contribution is -2.15. The Morgan fingerprint density at radius 1 is 1.33 bits per heavy atom. The largest absolute Gasteiger partial charge is 0.497 e. The molecule has 1 N–H and O–H groups in total. The molecule has 0 radical (unpaired) electrons. The minimum atomic E-state index is -3.74. The van der Waals surface area contributed by atoms with Crippen molar-refractivity contribution in [3.63, 3.8) is 0 Å². The van der Waals surface area contributed by atoms with Crippen LogP contribution in [-0.4, -0.2) is 32.4 Å². The molecule has 0 heterocycles. The quantitative estimate of drug-likeness (QED) is 0.817. The van der Waals surface area contributed by atoms with E-state index in [9.17, 15) is 13.2 Å². The van der Waals surface area contributed by atoms with Gasteiger partial charge >= 0.3 is 5.97 Å². The Bertz CT molecular complexity index is 446. The normalized spacial score (nSPS) is 11.0. The molecule has 1 aromatic rings. The van der Waals surface area contributed by atoms with Gasteiger partial charge in [-0.1, -0.05) is 0 Å². The molecule has 0 aliphatic carbocycles. The molecule has 0 aliphatic rings. The molecule has 0 saturated carbocycles. The predicted octanol–water partition coefficient (Wildman–Crippen LogP) is 0.553. The minimum Gasteiger partial charge on any atom is -0.497 e. The zero-order chi connectivity index (χ0) is 11.5. The van der Waals surface area contributed by atoms with Gasteiger partial charge in [0.25, 0.3) is 0 Å². The molecule has 0 amide bonds. The average Bonchev–Trinajstić information content (AvgIpc) is 2.16. The standard InChI is InChI=1S/C9H10O5S/c1-14-7-2-4-8(5-3-7)15(12,13)6-9(10)11/h2-5H,6H2,1H3,(H,10,11). The van der Waals surface area contributed by atoms with Crippen LogP contribution in [0.2, 0.25) is 0 Å².